The highest BCUT2D eigenvalue weighted by Gasteiger charge is 2.45. The van der Waals surface area contributed by atoms with E-state index in [0.717, 1.165) is 23.3 Å². The van der Waals surface area contributed by atoms with E-state index in [-0.39, 0.29) is 33.4 Å². The number of amides is 1. The molecule has 0 saturated carbocycles. The summed E-state index contributed by atoms with van der Waals surface area (Å²) >= 11 is 1.04. The molecule has 2 aromatic carbocycles. The van der Waals surface area contributed by atoms with Crippen molar-refractivity contribution in [2.45, 2.75) is 47.1 Å². The first kappa shape index (κ1) is 28.4. The highest BCUT2D eigenvalue weighted by molar-refractivity contribution is 7.17. The summed E-state index contributed by atoms with van der Waals surface area (Å²) in [7, 11) is 1.54. The summed E-state index contributed by atoms with van der Waals surface area (Å²) in [4.78, 5) is 46.8. The van der Waals surface area contributed by atoms with Crippen molar-refractivity contribution in [2.24, 2.45) is 5.92 Å². The molecule has 1 unspecified atom stereocenters. The maximum absolute atomic E-state index is 14.0. The van der Waals surface area contributed by atoms with Gasteiger partial charge >= 0.3 is 5.97 Å². The van der Waals surface area contributed by atoms with E-state index in [1.807, 2.05) is 13.0 Å². The largest absolute Gasteiger partial charge is 0.493 e. The molecule has 0 N–H and O–H groups in total. The molecule has 0 bridgehead atoms. The van der Waals surface area contributed by atoms with Gasteiger partial charge in [-0.2, -0.15) is 0 Å². The van der Waals surface area contributed by atoms with E-state index in [1.165, 1.54) is 4.90 Å². The van der Waals surface area contributed by atoms with E-state index in [4.69, 9.17) is 18.6 Å². The molecule has 9 nitrogen and oxygen atoms in total. The number of carbonyl (C=O) groups is 2. The molecule has 2 aromatic heterocycles. The number of methoxy groups -OCH3 is 1. The molecule has 1 aliphatic rings. The van der Waals surface area contributed by atoms with Gasteiger partial charge in [0.1, 0.15) is 10.5 Å². The molecular formula is C31H32N2O7S. The van der Waals surface area contributed by atoms with E-state index < -0.39 is 17.9 Å². The van der Waals surface area contributed by atoms with Crippen LogP contribution in [0.4, 0.5) is 5.13 Å². The number of anilines is 1. The van der Waals surface area contributed by atoms with Gasteiger partial charge in [-0.15, -0.1) is 0 Å². The van der Waals surface area contributed by atoms with Crippen LogP contribution in [0, 0.1) is 19.8 Å². The Morgan fingerprint density at radius 3 is 2.61 bits per heavy atom. The summed E-state index contributed by atoms with van der Waals surface area (Å²) in [5.41, 5.74) is 2.14. The van der Waals surface area contributed by atoms with Gasteiger partial charge in [-0.25, -0.2) is 9.78 Å². The van der Waals surface area contributed by atoms with Crippen LogP contribution in [-0.2, 0) is 4.74 Å². The number of fused-ring (bicyclic) bond motifs is 2. The number of benzene rings is 2. The molecule has 1 aliphatic heterocycles. The Balaban J connectivity index is 1.68. The maximum atomic E-state index is 14.0. The summed E-state index contributed by atoms with van der Waals surface area (Å²) < 4.78 is 22.9. The lowest BCUT2D eigenvalue weighted by Gasteiger charge is -2.23. The van der Waals surface area contributed by atoms with Gasteiger partial charge in [-0.1, -0.05) is 42.9 Å². The highest BCUT2D eigenvalue weighted by atomic mass is 32.1. The number of ether oxygens (including phenoxy) is 3. The summed E-state index contributed by atoms with van der Waals surface area (Å²) in [6.45, 7) is 10.3. The number of thiazole rings is 1. The number of aryl methyl sites for hydroxylation is 2. The first-order valence-corrected chi connectivity index (χ1v) is 14.3. The molecule has 1 atom stereocenters. The third kappa shape index (κ3) is 5.19. The minimum absolute atomic E-state index is 0.0573. The van der Waals surface area contributed by atoms with Crippen molar-refractivity contribution >= 4 is 39.3 Å². The van der Waals surface area contributed by atoms with Gasteiger partial charge < -0.3 is 18.6 Å². The second-order valence-electron chi connectivity index (χ2n) is 10.3. The molecule has 0 aliphatic carbocycles. The Kier molecular flexibility index (Phi) is 7.86. The first-order chi connectivity index (χ1) is 19.6. The van der Waals surface area contributed by atoms with E-state index in [1.54, 1.807) is 51.3 Å². The van der Waals surface area contributed by atoms with E-state index in [2.05, 4.69) is 18.8 Å². The average Bonchev–Trinajstić information content (AvgIpc) is 3.46. The van der Waals surface area contributed by atoms with Crippen molar-refractivity contribution in [3.63, 3.8) is 0 Å². The monoisotopic (exact) mass is 576 g/mol. The molecule has 214 valence electrons. The predicted octanol–water partition coefficient (Wildman–Crippen LogP) is 6.23. The number of aromatic nitrogens is 1. The van der Waals surface area contributed by atoms with Gasteiger partial charge in [0.2, 0.25) is 5.76 Å². The molecule has 3 heterocycles. The minimum atomic E-state index is -0.877. The van der Waals surface area contributed by atoms with Gasteiger partial charge in [0.05, 0.1) is 43.0 Å². The van der Waals surface area contributed by atoms with E-state index >= 15 is 0 Å². The lowest BCUT2D eigenvalue weighted by molar-refractivity contribution is 0.0531. The Morgan fingerprint density at radius 2 is 1.90 bits per heavy atom. The second kappa shape index (κ2) is 11.4. The highest BCUT2D eigenvalue weighted by Crippen LogP contribution is 2.45. The Morgan fingerprint density at radius 1 is 1.12 bits per heavy atom. The van der Waals surface area contributed by atoms with Crippen LogP contribution in [0.3, 0.4) is 0 Å². The predicted molar refractivity (Wildman–Crippen MR) is 157 cm³/mol. The standard InChI is InChI=1S/C31H32N2O7S/c1-7-38-30(36)28-18(5)32-31(41-28)33-25(19-9-11-22(23(15-19)37-6)39-13-12-16(2)3)24-26(34)20-14-17(4)8-10-21(20)40-27(24)29(33)35/h8-11,14-16,25H,7,12-13H2,1-6H3. The van der Waals surface area contributed by atoms with Gasteiger partial charge in [0.15, 0.2) is 22.1 Å². The lowest BCUT2D eigenvalue weighted by atomic mass is 9.98. The number of esters is 1. The van der Waals surface area contributed by atoms with Crippen LogP contribution in [0.5, 0.6) is 11.5 Å². The number of hydrogen-bond donors (Lipinski definition) is 0. The molecule has 0 radical (unpaired) electrons. The first-order valence-electron chi connectivity index (χ1n) is 13.5. The molecule has 0 spiro atoms. The summed E-state index contributed by atoms with van der Waals surface area (Å²) in [6, 6.07) is 9.74. The van der Waals surface area contributed by atoms with Crippen LogP contribution in [0.2, 0.25) is 0 Å². The zero-order chi connectivity index (χ0) is 29.4. The second-order valence-corrected chi connectivity index (χ2v) is 11.3. The fourth-order valence-corrected chi connectivity index (χ4v) is 5.84. The smallest absolute Gasteiger partial charge is 0.350 e. The molecule has 41 heavy (non-hydrogen) atoms. The maximum Gasteiger partial charge on any atom is 0.350 e. The quantitative estimate of drug-likeness (QED) is 0.216. The van der Waals surface area contributed by atoms with E-state index in [9.17, 15) is 14.4 Å². The topological polar surface area (TPSA) is 108 Å². The van der Waals surface area contributed by atoms with Crippen molar-refractivity contribution in [3.8, 4) is 11.5 Å². The molecule has 0 saturated heterocycles. The molecule has 4 aromatic rings. The van der Waals surface area contributed by atoms with Crippen molar-refractivity contribution < 1.29 is 28.2 Å². The Labute approximate surface area is 241 Å². The van der Waals surface area contributed by atoms with Crippen LogP contribution in [0.1, 0.15) is 75.8 Å². The summed E-state index contributed by atoms with van der Waals surface area (Å²) in [5.74, 6) is 0.408. The average molecular weight is 577 g/mol. The Bertz CT molecular complexity index is 1700. The molecule has 5 rings (SSSR count). The summed E-state index contributed by atoms with van der Waals surface area (Å²) in [5, 5.41) is 0.634. The zero-order valence-corrected chi connectivity index (χ0v) is 24.7. The molecule has 1 amide bonds. The lowest BCUT2D eigenvalue weighted by Crippen LogP contribution is -2.29. The molecule has 0 fully saturated rings. The van der Waals surface area contributed by atoms with Crippen LogP contribution < -0.4 is 19.8 Å². The SMILES string of the molecule is CCOC(=O)c1sc(N2C(=O)c3oc4ccc(C)cc4c(=O)c3C2c2ccc(OCCC(C)C)c(OC)c2)nc1C. The number of hydrogen-bond acceptors (Lipinski definition) is 9. The van der Waals surface area contributed by atoms with Crippen LogP contribution in [0.15, 0.2) is 45.6 Å². The fraction of sp³-hybridized carbons (Fsp3) is 0.355. The van der Waals surface area contributed by atoms with Gasteiger partial charge in [-0.05, 0) is 62.9 Å². The zero-order valence-electron chi connectivity index (χ0n) is 23.9. The Hall–Kier alpha value is -4.18. The van der Waals surface area contributed by atoms with Crippen molar-refractivity contribution in [3.05, 3.63) is 79.6 Å². The van der Waals surface area contributed by atoms with Crippen molar-refractivity contribution in [2.75, 3.05) is 25.2 Å². The normalized spacial score (nSPS) is 14.6. The number of carbonyl (C=O) groups excluding carboxylic acids is 2. The number of rotatable bonds is 9. The summed E-state index contributed by atoms with van der Waals surface area (Å²) in [6.07, 6.45) is 0.878. The van der Waals surface area contributed by atoms with Gasteiger partial charge in [0.25, 0.3) is 5.91 Å². The molecular weight excluding hydrogens is 544 g/mol. The van der Waals surface area contributed by atoms with E-state index in [0.29, 0.717) is 46.3 Å². The third-order valence-electron chi connectivity index (χ3n) is 6.93. The third-order valence-corrected chi connectivity index (χ3v) is 8.07. The van der Waals surface area contributed by atoms with Crippen molar-refractivity contribution in [1.82, 2.24) is 4.98 Å². The van der Waals surface area contributed by atoms with Crippen LogP contribution >= 0.6 is 11.3 Å². The fourth-order valence-electron chi connectivity index (χ4n) is 4.85. The number of nitrogens with zero attached hydrogens (tertiary/aromatic N) is 2. The molecule has 10 heteroatoms. The van der Waals surface area contributed by atoms with Gasteiger partial charge in [0, 0.05) is 0 Å². The van der Waals surface area contributed by atoms with Crippen LogP contribution in [-0.4, -0.2) is 37.2 Å². The van der Waals surface area contributed by atoms with Crippen molar-refractivity contribution in [1.29, 1.82) is 0 Å². The van der Waals surface area contributed by atoms with Gasteiger partial charge in [-0.3, -0.25) is 14.5 Å². The van der Waals surface area contributed by atoms with Crippen LogP contribution in [0.25, 0.3) is 11.0 Å². The minimum Gasteiger partial charge on any atom is -0.493 e.